The van der Waals surface area contributed by atoms with Crippen LogP contribution in [0.1, 0.15) is 11.1 Å². The average Bonchev–Trinajstić information content (AvgIpc) is 2.74. The first kappa shape index (κ1) is 12.6. The number of aliphatic carboxylic acids is 1. The van der Waals surface area contributed by atoms with Gasteiger partial charge in [0.05, 0.1) is 11.4 Å². The van der Waals surface area contributed by atoms with Crippen molar-refractivity contribution in [3.05, 3.63) is 29.3 Å². The van der Waals surface area contributed by atoms with Crippen LogP contribution < -0.4 is 0 Å². The molecule has 0 fully saturated rings. The van der Waals surface area contributed by atoms with Crippen LogP contribution in [-0.4, -0.2) is 37.0 Å². The molecule has 94 valence electrons. The molecule has 0 radical (unpaired) electrons. The summed E-state index contributed by atoms with van der Waals surface area (Å²) in [5, 5.41) is 20.5. The molecule has 2 aromatic rings. The summed E-state index contributed by atoms with van der Waals surface area (Å²) >= 11 is 1.10. The average molecular weight is 264 g/mol. The van der Waals surface area contributed by atoms with Crippen molar-refractivity contribution < 1.29 is 9.90 Å². The van der Waals surface area contributed by atoms with Crippen LogP contribution in [0, 0.1) is 13.8 Å². The lowest BCUT2D eigenvalue weighted by molar-refractivity contribution is -0.133. The molecule has 2 rings (SSSR count). The maximum atomic E-state index is 10.6. The molecule has 0 saturated carbocycles. The molecule has 0 unspecified atom stereocenters. The Morgan fingerprint density at radius 1 is 1.39 bits per heavy atom. The van der Waals surface area contributed by atoms with Crippen molar-refractivity contribution >= 4 is 17.7 Å². The van der Waals surface area contributed by atoms with Crippen LogP contribution in [0.2, 0.25) is 0 Å². The molecule has 1 aromatic heterocycles. The van der Waals surface area contributed by atoms with E-state index in [9.17, 15) is 4.79 Å². The first-order chi connectivity index (χ1) is 8.59. The molecule has 0 aliphatic heterocycles. The molecule has 1 aromatic carbocycles. The van der Waals surface area contributed by atoms with Gasteiger partial charge in [0.25, 0.3) is 0 Å². The van der Waals surface area contributed by atoms with E-state index < -0.39 is 5.97 Å². The van der Waals surface area contributed by atoms with Gasteiger partial charge >= 0.3 is 5.97 Å². The van der Waals surface area contributed by atoms with Gasteiger partial charge in [0.2, 0.25) is 5.16 Å². The molecule has 0 aliphatic rings. The van der Waals surface area contributed by atoms with E-state index >= 15 is 0 Å². The monoisotopic (exact) mass is 264 g/mol. The Balaban J connectivity index is 2.39. The minimum atomic E-state index is -0.893. The van der Waals surface area contributed by atoms with Crippen LogP contribution in [0.3, 0.4) is 0 Å². The summed E-state index contributed by atoms with van der Waals surface area (Å²) in [5.74, 6) is -0.957. The number of nitrogens with zero attached hydrogens (tertiary/aromatic N) is 4. The highest BCUT2D eigenvalue weighted by Crippen LogP contribution is 2.23. The fourth-order valence-corrected chi connectivity index (χ4v) is 2.27. The van der Waals surface area contributed by atoms with Crippen molar-refractivity contribution in [3.63, 3.8) is 0 Å². The van der Waals surface area contributed by atoms with Gasteiger partial charge in [0.1, 0.15) is 0 Å². The lowest BCUT2D eigenvalue weighted by Crippen LogP contribution is -2.05. The second-order valence-corrected chi connectivity index (χ2v) is 4.74. The Bertz CT molecular complexity index is 562. The van der Waals surface area contributed by atoms with E-state index in [1.807, 2.05) is 32.0 Å². The van der Waals surface area contributed by atoms with Crippen molar-refractivity contribution in [2.45, 2.75) is 19.0 Å². The summed E-state index contributed by atoms with van der Waals surface area (Å²) in [7, 11) is 0. The second kappa shape index (κ2) is 5.18. The quantitative estimate of drug-likeness (QED) is 0.842. The minimum Gasteiger partial charge on any atom is -0.481 e. The number of tetrazole rings is 1. The molecule has 0 amide bonds. The normalized spacial score (nSPS) is 10.6. The number of carboxylic acid groups (broad SMARTS) is 1. The second-order valence-electron chi connectivity index (χ2n) is 3.80. The third-order valence-corrected chi connectivity index (χ3v) is 3.32. The lowest BCUT2D eigenvalue weighted by atomic mass is 10.1. The third kappa shape index (κ3) is 2.51. The van der Waals surface area contributed by atoms with E-state index in [0.29, 0.717) is 5.16 Å². The minimum absolute atomic E-state index is 0.0642. The zero-order chi connectivity index (χ0) is 13.1. The van der Waals surface area contributed by atoms with Gasteiger partial charge in [-0.3, -0.25) is 4.79 Å². The number of carboxylic acids is 1. The van der Waals surface area contributed by atoms with E-state index in [1.54, 1.807) is 4.68 Å². The molecule has 0 spiro atoms. The van der Waals surface area contributed by atoms with Gasteiger partial charge < -0.3 is 5.11 Å². The van der Waals surface area contributed by atoms with Gasteiger partial charge in [-0.2, -0.15) is 4.68 Å². The molecule has 6 nitrogen and oxygen atoms in total. The topological polar surface area (TPSA) is 80.9 Å². The fourth-order valence-electron chi connectivity index (χ4n) is 1.68. The van der Waals surface area contributed by atoms with Crippen molar-refractivity contribution in [1.29, 1.82) is 0 Å². The zero-order valence-corrected chi connectivity index (χ0v) is 10.8. The van der Waals surface area contributed by atoms with Crippen LogP contribution in [-0.2, 0) is 4.79 Å². The maximum Gasteiger partial charge on any atom is 0.313 e. The van der Waals surface area contributed by atoms with E-state index in [-0.39, 0.29) is 5.75 Å². The molecule has 0 atom stereocenters. The SMILES string of the molecule is Cc1cccc(C)c1-n1nnnc1SCC(=O)O. The number of hydrogen-bond donors (Lipinski definition) is 1. The van der Waals surface area contributed by atoms with Crippen LogP contribution >= 0.6 is 11.8 Å². The molecular weight excluding hydrogens is 252 g/mol. The van der Waals surface area contributed by atoms with E-state index in [1.165, 1.54) is 0 Å². The van der Waals surface area contributed by atoms with Gasteiger partial charge in [-0.1, -0.05) is 30.0 Å². The van der Waals surface area contributed by atoms with Crippen LogP contribution in [0.15, 0.2) is 23.4 Å². The number of benzene rings is 1. The van der Waals surface area contributed by atoms with Gasteiger partial charge in [-0.15, -0.1) is 5.10 Å². The van der Waals surface area contributed by atoms with Crippen LogP contribution in [0.5, 0.6) is 0 Å². The standard InChI is InChI=1S/C11H12N4O2S/c1-7-4-3-5-8(2)10(7)15-11(12-13-14-15)18-6-9(16)17/h3-5H,6H2,1-2H3,(H,16,17). The molecule has 0 aliphatic carbocycles. The lowest BCUT2D eigenvalue weighted by Gasteiger charge is -2.09. The van der Waals surface area contributed by atoms with Gasteiger partial charge in [-0.05, 0) is 35.4 Å². The Hall–Kier alpha value is -1.89. The predicted octanol–water partition coefficient (Wildman–Crippen LogP) is 1.46. The molecule has 0 bridgehead atoms. The van der Waals surface area contributed by atoms with Crippen LogP contribution in [0.4, 0.5) is 0 Å². The Labute approximate surface area is 108 Å². The van der Waals surface area contributed by atoms with Crippen molar-refractivity contribution in [3.8, 4) is 5.69 Å². The number of carbonyl (C=O) groups is 1. The zero-order valence-electron chi connectivity index (χ0n) is 9.99. The highest BCUT2D eigenvalue weighted by atomic mass is 32.2. The molecule has 1 heterocycles. The van der Waals surface area contributed by atoms with Gasteiger partial charge in [0, 0.05) is 0 Å². The van der Waals surface area contributed by atoms with Crippen LogP contribution in [0.25, 0.3) is 5.69 Å². The number of aromatic nitrogens is 4. The summed E-state index contributed by atoms with van der Waals surface area (Å²) in [6.07, 6.45) is 0. The van der Waals surface area contributed by atoms with Gasteiger partial charge in [-0.25, -0.2) is 0 Å². The number of para-hydroxylation sites is 1. The summed E-state index contributed by atoms with van der Waals surface area (Å²) in [6.45, 7) is 3.94. The van der Waals surface area contributed by atoms with Gasteiger partial charge in [0.15, 0.2) is 0 Å². The van der Waals surface area contributed by atoms with E-state index in [2.05, 4.69) is 15.5 Å². The smallest absolute Gasteiger partial charge is 0.313 e. The summed E-state index contributed by atoms with van der Waals surface area (Å²) in [5.41, 5.74) is 2.98. The highest BCUT2D eigenvalue weighted by Gasteiger charge is 2.14. The van der Waals surface area contributed by atoms with Crippen molar-refractivity contribution in [2.24, 2.45) is 0 Å². The molecule has 18 heavy (non-hydrogen) atoms. The number of thioether (sulfide) groups is 1. The molecule has 7 heteroatoms. The maximum absolute atomic E-state index is 10.6. The first-order valence-electron chi connectivity index (χ1n) is 5.29. The number of aryl methyl sites for hydroxylation is 2. The van der Waals surface area contributed by atoms with Crippen molar-refractivity contribution in [1.82, 2.24) is 20.2 Å². The summed E-state index contributed by atoms with van der Waals surface area (Å²) < 4.78 is 1.58. The Morgan fingerprint density at radius 2 is 2.06 bits per heavy atom. The molecular formula is C11H12N4O2S. The fraction of sp³-hybridized carbons (Fsp3) is 0.273. The highest BCUT2D eigenvalue weighted by molar-refractivity contribution is 7.99. The molecule has 1 N–H and O–H groups in total. The number of hydrogen-bond acceptors (Lipinski definition) is 5. The first-order valence-corrected chi connectivity index (χ1v) is 6.27. The summed E-state index contributed by atoms with van der Waals surface area (Å²) in [4.78, 5) is 10.6. The Morgan fingerprint density at radius 3 is 2.67 bits per heavy atom. The largest absolute Gasteiger partial charge is 0.481 e. The van der Waals surface area contributed by atoms with Crippen molar-refractivity contribution in [2.75, 3.05) is 5.75 Å². The number of rotatable bonds is 4. The Kier molecular flexibility index (Phi) is 3.61. The third-order valence-electron chi connectivity index (χ3n) is 2.42. The predicted molar refractivity (Wildman–Crippen MR) is 67.0 cm³/mol. The molecule has 0 saturated heterocycles. The van der Waals surface area contributed by atoms with E-state index in [4.69, 9.17) is 5.11 Å². The van der Waals surface area contributed by atoms with E-state index in [0.717, 1.165) is 28.6 Å². The summed E-state index contributed by atoms with van der Waals surface area (Å²) in [6, 6.07) is 5.90.